The Balaban J connectivity index is 0. The summed E-state index contributed by atoms with van der Waals surface area (Å²) in [6.45, 7) is 6.44. The zero-order valence-corrected chi connectivity index (χ0v) is 12.6. The first-order valence-electron chi connectivity index (χ1n) is 4.45. The average molecular weight is 228 g/mol. The Bertz CT molecular complexity index is 140. The van der Waals surface area contributed by atoms with Crippen molar-refractivity contribution >= 4 is 29.2 Å². The van der Waals surface area contributed by atoms with E-state index in [1.165, 1.54) is 12.8 Å². The number of ether oxygens (including phenoxy) is 1. The molecule has 0 radical (unpaired) electrons. The molecule has 0 rings (SSSR count). The van der Waals surface area contributed by atoms with E-state index in [4.69, 9.17) is 29.6 Å². The molecule has 13 heavy (non-hydrogen) atoms. The van der Waals surface area contributed by atoms with Gasteiger partial charge in [0.15, 0.2) is 0 Å². The molecule has 0 spiro atoms. The van der Waals surface area contributed by atoms with E-state index < -0.39 is 0 Å². The van der Waals surface area contributed by atoms with Crippen LogP contribution < -0.4 is 29.6 Å². The second kappa shape index (κ2) is 9.66. The van der Waals surface area contributed by atoms with Crippen molar-refractivity contribution in [2.75, 3.05) is 0 Å². The van der Waals surface area contributed by atoms with Crippen LogP contribution in [0.5, 0.6) is 0 Å². The van der Waals surface area contributed by atoms with Crippen LogP contribution in [0.1, 0.15) is 40.0 Å². The zero-order chi connectivity index (χ0) is 9.56. The van der Waals surface area contributed by atoms with Gasteiger partial charge in [-0.2, -0.15) is 0 Å². The van der Waals surface area contributed by atoms with Crippen LogP contribution in [-0.4, -0.2) is 10.5 Å². The standard InChI is InChI=1S/C9H18OS2.Na/c1-4-5-6-8(7(2)3)10-9(11)12;/h7-8H,4-6H2,1-3H3,(H,11,12);/q;+1/p-1. The summed E-state index contributed by atoms with van der Waals surface area (Å²) < 4.78 is 5.61. The number of rotatable bonds is 5. The zero-order valence-electron chi connectivity index (χ0n) is 9.00. The van der Waals surface area contributed by atoms with Gasteiger partial charge < -0.3 is 29.6 Å². The Morgan fingerprint density at radius 2 is 2.00 bits per heavy atom. The SMILES string of the molecule is CCCCC(OC(=S)[S-])C(C)C.[Na+]. The van der Waals surface area contributed by atoms with E-state index >= 15 is 0 Å². The predicted molar refractivity (Wildman–Crippen MR) is 59.2 cm³/mol. The van der Waals surface area contributed by atoms with Crippen LogP contribution in [0.3, 0.4) is 0 Å². The van der Waals surface area contributed by atoms with Crippen LogP contribution in [0.4, 0.5) is 0 Å². The third-order valence-corrected chi connectivity index (χ3v) is 2.03. The van der Waals surface area contributed by atoms with Crippen LogP contribution in [0.25, 0.3) is 0 Å². The Morgan fingerprint density at radius 3 is 2.31 bits per heavy atom. The summed E-state index contributed by atoms with van der Waals surface area (Å²) in [5, 5.41) is 0. The first kappa shape index (κ1) is 16.5. The van der Waals surface area contributed by atoms with Gasteiger partial charge in [-0.15, -0.1) is 0 Å². The van der Waals surface area contributed by atoms with E-state index in [9.17, 15) is 0 Å². The molecule has 0 aromatic carbocycles. The molecule has 0 fully saturated rings. The Hall–Kier alpha value is 1.11. The molecule has 72 valence electrons. The van der Waals surface area contributed by atoms with Crippen LogP contribution in [0, 0.1) is 5.92 Å². The minimum absolute atomic E-state index is 0. The summed E-state index contributed by atoms with van der Waals surface area (Å²) in [5.41, 5.74) is 0. The van der Waals surface area contributed by atoms with Gasteiger partial charge in [-0.05, 0) is 12.3 Å². The number of hydrogen-bond acceptors (Lipinski definition) is 3. The maximum Gasteiger partial charge on any atom is 1.00 e. The van der Waals surface area contributed by atoms with Crippen molar-refractivity contribution in [1.82, 2.24) is 0 Å². The molecule has 1 unspecified atom stereocenters. The van der Waals surface area contributed by atoms with Gasteiger partial charge in [-0.25, -0.2) is 0 Å². The molecular weight excluding hydrogens is 211 g/mol. The summed E-state index contributed by atoms with van der Waals surface area (Å²) in [6, 6.07) is 0. The third kappa shape index (κ3) is 9.42. The van der Waals surface area contributed by atoms with Crippen LogP contribution in [0.2, 0.25) is 0 Å². The van der Waals surface area contributed by atoms with E-state index in [0.717, 1.165) is 6.42 Å². The maximum absolute atomic E-state index is 5.36. The first-order chi connectivity index (χ1) is 5.57. The van der Waals surface area contributed by atoms with Crippen molar-refractivity contribution in [2.45, 2.75) is 46.1 Å². The number of hydrogen-bond donors (Lipinski definition) is 0. The van der Waals surface area contributed by atoms with Gasteiger partial charge in [-0.1, -0.05) is 33.6 Å². The van der Waals surface area contributed by atoms with Gasteiger partial charge >= 0.3 is 29.6 Å². The minimum atomic E-state index is 0. The second-order valence-electron chi connectivity index (χ2n) is 3.29. The fourth-order valence-corrected chi connectivity index (χ4v) is 1.30. The van der Waals surface area contributed by atoms with Crippen LogP contribution in [-0.2, 0) is 17.4 Å². The molecule has 4 heteroatoms. The van der Waals surface area contributed by atoms with Gasteiger partial charge in [0.25, 0.3) is 0 Å². The summed E-state index contributed by atoms with van der Waals surface area (Å²) in [6.07, 6.45) is 3.65. The van der Waals surface area contributed by atoms with Crippen molar-refractivity contribution in [3.05, 3.63) is 0 Å². The van der Waals surface area contributed by atoms with Crippen LogP contribution >= 0.6 is 12.2 Å². The topological polar surface area (TPSA) is 9.23 Å². The normalized spacial score (nSPS) is 12.0. The molecule has 0 saturated carbocycles. The van der Waals surface area contributed by atoms with E-state index in [1.807, 2.05) is 0 Å². The van der Waals surface area contributed by atoms with Gasteiger partial charge in [-0.3, -0.25) is 0 Å². The molecule has 0 aromatic rings. The summed E-state index contributed by atoms with van der Waals surface area (Å²) >= 11 is 9.47. The molecule has 1 nitrogen and oxygen atoms in total. The second-order valence-corrected chi connectivity index (χ2v) is 4.29. The van der Waals surface area contributed by atoms with E-state index in [2.05, 4.69) is 20.8 Å². The molecule has 0 N–H and O–H groups in total. The molecule has 0 aliphatic rings. The molecule has 0 saturated heterocycles. The number of thiocarbonyl (C=S) groups is 1. The van der Waals surface area contributed by atoms with E-state index in [-0.39, 0.29) is 40.0 Å². The minimum Gasteiger partial charge on any atom is -0.510 e. The molecule has 0 bridgehead atoms. The maximum atomic E-state index is 5.36. The molecule has 0 aliphatic carbocycles. The van der Waals surface area contributed by atoms with Crippen molar-refractivity contribution in [3.8, 4) is 0 Å². The summed E-state index contributed by atoms with van der Waals surface area (Å²) in [4.78, 5) is 0. The summed E-state index contributed by atoms with van der Waals surface area (Å²) in [5.74, 6) is 0.498. The van der Waals surface area contributed by atoms with Gasteiger partial charge in [0.1, 0.15) is 0 Å². The van der Waals surface area contributed by atoms with Crippen molar-refractivity contribution < 1.29 is 34.3 Å². The molecule has 0 aromatic heterocycles. The van der Waals surface area contributed by atoms with Gasteiger partial charge in [0.05, 0.1) is 6.10 Å². The van der Waals surface area contributed by atoms with Gasteiger partial charge in [0.2, 0.25) is 0 Å². The molecule has 0 amide bonds. The Labute approximate surface area is 115 Å². The summed E-state index contributed by atoms with van der Waals surface area (Å²) in [7, 11) is 0. The molecule has 0 aliphatic heterocycles. The largest absolute Gasteiger partial charge is 1.00 e. The van der Waals surface area contributed by atoms with Crippen molar-refractivity contribution in [1.29, 1.82) is 0 Å². The molecule has 0 heterocycles. The van der Waals surface area contributed by atoms with E-state index in [1.54, 1.807) is 0 Å². The molecule has 1 atom stereocenters. The van der Waals surface area contributed by atoms with Crippen LogP contribution in [0.15, 0.2) is 0 Å². The Morgan fingerprint density at radius 1 is 1.46 bits per heavy atom. The fourth-order valence-electron chi connectivity index (χ4n) is 1.06. The third-order valence-electron chi connectivity index (χ3n) is 1.83. The molecular formula is C9H17NaOS2. The fraction of sp³-hybridized carbons (Fsp3) is 0.889. The first-order valence-corrected chi connectivity index (χ1v) is 5.27. The predicted octanol–water partition coefficient (Wildman–Crippen LogP) is 0.0536. The monoisotopic (exact) mass is 228 g/mol. The van der Waals surface area contributed by atoms with Crippen molar-refractivity contribution in [2.24, 2.45) is 5.92 Å². The average Bonchev–Trinajstić information content (AvgIpc) is 1.96. The quantitative estimate of drug-likeness (QED) is 0.374. The van der Waals surface area contributed by atoms with Crippen molar-refractivity contribution in [3.63, 3.8) is 0 Å². The van der Waals surface area contributed by atoms with Gasteiger partial charge in [0, 0.05) is 4.38 Å². The van der Waals surface area contributed by atoms with E-state index in [0.29, 0.717) is 5.92 Å². The smallest absolute Gasteiger partial charge is 0.510 e. The Kier molecular flexibility index (Phi) is 12.3. The number of unbranched alkanes of at least 4 members (excludes halogenated alkanes) is 1.